The maximum atomic E-state index is 5.90. The van der Waals surface area contributed by atoms with Crippen molar-refractivity contribution in [2.75, 3.05) is 39.8 Å². The maximum absolute atomic E-state index is 5.90. The molecule has 0 spiro atoms. The number of hydrogen-bond acceptors (Lipinski definition) is 5. The first-order chi connectivity index (χ1) is 11.8. The third kappa shape index (κ3) is 4.22. The number of hydrogen-bond donors (Lipinski definition) is 1. The molecule has 5 heteroatoms. The van der Waals surface area contributed by atoms with Crippen molar-refractivity contribution in [1.82, 2.24) is 20.2 Å². The summed E-state index contributed by atoms with van der Waals surface area (Å²) in [6, 6.07) is 6.23. The minimum absolute atomic E-state index is 0.535. The van der Waals surface area contributed by atoms with Gasteiger partial charge in [-0.25, -0.2) is 9.97 Å². The zero-order chi connectivity index (χ0) is 16.8. The largest absolute Gasteiger partial charge is 0.493 e. The topological polar surface area (TPSA) is 50.3 Å². The molecule has 0 unspecified atom stereocenters. The SMILES string of the molecule is CCN(C)CCCOc1ccc2c(C3CCNCC3)ncnc2c1. The van der Waals surface area contributed by atoms with E-state index in [-0.39, 0.29) is 0 Å². The molecule has 0 radical (unpaired) electrons. The third-order valence-electron chi connectivity index (χ3n) is 4.86. The van der Waals surface area contributed by atoms with Crippen LogP contribution in [0, 0.1) is 0 Å². The summed E-state index contributed by atoms with van der Waals surface area (Å²) in [6.07, 6.45) is 5.02. The number of benzene rings is 1. The highest BCUT2D eigenvalue weighted by atomic mass is 16.5. The molecule has 0 amide bonds. The number of nitrogens with zero attached hydrogens (tertiary/aromatic N) is 3. The summed E-state index contributed by atoms with van der Waals surface area (Å²) in [7, 11) is 2.13. The summed E-state index contributed by atoms with van der Waals surface area (Å²) in [5.41, 5.74) is 2.18. The van der Waals surface area contributed by atoms with E-state index < -0.39 is 0 Å². The molecule has 0 saturated carbocycles. The van der Waals surface area contributed by atoms with Crippen molar-refractivity contribution >= 4 is 10.9 Å². The molecule has 0 bridgehead atoms. The predicted molar refractivity (Wildman–Crippen MR) is 97.7 cm³/mol. The summed E-state index contributed by atoms with van der Waals surface area (Å²) in [4.78, 5) is 11.3. The van der Waals surface area contributed by atoms with E-state index in [0.29, 0.717) is 5.92 Å². The molecule has 2 heterocycles. The van der Waals surface area contributed by atoms with Crippen LogP contribution in [0.5, 0.6) is 5.75 Å². The lowest BCUT2D eigenvalue weighted by Crippen LogP contribution is -2.27. The number of piperidine rings is 1. The molecule has 1 N–H and O–H groups in total. The molecule has 1 saturated heterocycles. The lowest BCUT2D eigenvalue weighted by Gasteiger charge is -2.23. The van der Waals surface area contributed by atoms with E-state index in [4.69, 9.17) is 4.74 Å². The molecule has 24 heavy (non-hydrogen) atoms. The lowest BCUT2D eigenvalue weighted by molar-refractivity contribution is 0.268. The molecular weight excluding hydrogens is 300 g/mol. The number of nitrogens with one attached hydrogen (secondary N) is 1. The van der Waals surface area contributed by atoms with Crippen LogP contribution in [0.25, 0.3) is 10.9 Å². The Labute approximate surface area is 144 Å². The van der Waals surface area contributed by atoms with Gasteiger partial charge in [-0.2, -0.15) is 0 Å². The molecule has 1 aromatic carbocycles. The zero-order valence-corrected chi connectivity index (χ0v) is 14.8. The van der Waals surface area contributed by atoms with Crippen LogP contribution in [0.4, 0.5) is 0 Å². The van der Waals surface area contributed by atoms with Crippen LogP contribution in [0.1, 0.15) is 37.8 Å². The fraction of sp³-hybridized carbons (Fsp3) is 0.579. The summed E-state index contributed by atoms with van der Waals surface area (Å²) in [6.45, 7) is 7.19. The quantitative estimate of drug-likeness (QED) is 0.792. The summed E-state index contributed by atoms with van der Waals surface area (Å²) >= 11 is 0. The molecule has 1 aliphatic rings. The number of fused-ring (bicyclic) bond motifs is 1. The number of ether oxygens (including phenoxy) is 1. The van der Waals surface area contributed by atoms with Gasteiger partial charge in [-0.15, -0.1) is 0 Å². The van der Waals surface area contributed by atoms with Crippen molar-refractivity contribution in [1.29, 1.82) is 0 Å². The van der Waals surface area contributed by atoms with Crippen molar-refractivity contribution < 1.29 is 4.74 Å². The van der Waals surface area contributed by atoms with E-state index in [1.54, 1.807) is 6.33 Å². The summed E-state index contributed by atoms with van der Waals surface area (Å²) in [5, 5.41) is 4.58. The van der Waals surface area contributed by atoms with E-state index in [1.807, 2.05) is 6.07 Å². The van der Waals surface area contributed by atoms with E-state index in [2.05, 4.69) is 46.3 Å². The van der Waals surface area contributed by atoms with Gasteiger partial charge in [0.2, 0.25) is 0 Å². The van der Waals surface area contributed by atoms with E-state index >= 15 is 0 Å². The normalized spacial score (nSPS) is 16.0. The van der Waals surface area contributed by atoms with Crippen LogP contribution in [-0.2, 0) is 0 Å². The molecule has 0 atom stereocenters. The lowest BCUT2D eigenvalue weighted by atomic mass is 9.92. The van der Waals surface area contributed by atoms with Gasteiger partial charge in [0, 0.05) is 23.9 Å². The third-order valence-corrected chi connectivity index (χ3v) is 4.86. The highest BCUT2D eigenvalue weighted by Gasteiger charge is 2.19. The molecule has 3 rings (SSSR count). The van der Waals surface area contributed by atoms with Crippen molar-refractivity contribution in [3.05, 3.63) is 30.2 Å². The Hall–Kier alpha value is -1.72. The molecule has 0 aliphatic carbocycles. The Morgan fingerprint density at radius 1 is 1.25 bits per heavy atom. The van der Waals surface area contributed by atoms with Gasteiger partial charge in [-0.1, -0.05) is 6.92 Å². The second kappa shape index (κ2) is 8.40. The van der Waals surface area contributed by atoms with Gasteiger partial charge in [0.25, 0.3) is 0 Å². The monoisotopic (exact) mass is 328 g/mol. The van der Waals surface area contributed by atoms with Crippen molar-refractivity contribution in [3.8, 4) is 5.75 Å². The van der Waals surface area contributed by atoms with Crippen LogP contribution in [0.3, 0.4) is 0 Å². The summed E-state index contributed by atoms with van der Waals surface area (Å²) in [5.74, 6) is 1.43. The van der Waals surface area contributed by atoms with E-state index in [1.165, 1.54) is 11.1 Å². The second-order valence-electron chi connectivity index (χ2n) is 6.56. The zero-order valence-electron chi connectivity index (χ0n) is 14.8. The average molecular weight is 328 g/mol. The fourth-order valence-corrected chi connectivity index (χ4v) is 3.25. The maximum Gasteiger partial charge on any atom is 0.121 e. The van der Waals surface area contributed by atoms with Crippen molar-refractivity contribution in [2.24, 2.45) is 0 Å². The van der Waals surface area contributed by atoms with Gasteiger partial charge in [-0.05, 0) is 58.1 Å². The second-order valence-corrected chi connectivity index (χ2v) is 6.56. The Kier molecular flexibility index (Phi) is 5.99. The van der Waals surface area contributed by atoms with Crippen LogP contribution < -0.4 is 10.1 Å². The first-order valence-corrected chi connectivity index (χ1v) is 9.04. The van der Waals surface area contributed by atoms with Gasteiger partial charge in [0.1, 0.15) is 12.1 Å². The van der Waals surface area contributed by atoms with Crippen LogP contribution in [0.2, 0.25) is 0 Å². The molecule has 2 aromatic rings. The first-order valence-electron chi connectivity index (χ1n) is 9.04. The highest BCUT2D eigenvalue weighted by Crippen LogP contribution is 2.30. The van der Waals surface area contributed by atoms with Gasteiger partial charge in [-0.3, -0.25) is 0 Å². The molecule has 1 aliphatic heterocycles. The van der Waals surface area contributed by atoms with Crippen molar-refractivity contribution in [2.45, 2.75) is 32.1 Å². The molecule has 1 fully saturated rings. The Bertz CT molecular complexity index is 655. The first kappa shape index (κ1) is 17.1. The highest BCUT2D eigenvalue weighted by molar-refractivity contribution is 5.82. The van der Waals surface area contributed by atoms with Crippen LogP contribution >= 0.6 is 0 Å². The van der Waals surface area contributed by atoms with Gasteiger partial charge < -0.3 is 15.0 Å². The molecule has 5 nitrogen and oxygen atoms in total. The van der Waals surface area contributed by atoms with Gasteiger partial charge in [0.15, 0.2) is 0 Å². The van der Waals surface area contributed by atoms with E-state index in [0.717, 1.165) is 63.3 Å². The molecule has 130 valence electrons. The van der Waals surface area contributed by atoms with Crippen LogP contribution in [-0.4, -0.2) is 54.7 Å². The smallest absolute Gasteiger partial charge is 0.121 e. The Morgan fingerprint density at radius 3 is 2.88 bits per heavy atom. The Morgan fingerprint density at radius 2 is 2.08 bits per heavy atom. The number of aromatic nitrogens is 2. The molecular formula is C19H28N4O. The molecule has 1 aromatic heterocycles. The average Bonchev–Trinajstić information content (AvgIpc) is 2.65. The van der Waals surface area contributed by atoms with E-state index in [9.17, 15) is 0 Å². The van der Waals surface area contributed by atoms with Gasteiger partial charge in [0.05, 0.1) is 17.8 Å². The standard InChI is InChI=1S/C19H28N4O/c1-3-23(2)11-4-12-24-16-5-6-17-18(13-16)21-14-22-19(17)15-7-9-20-10-8-15/h5-6,13-15,20H,3-4,7-12H2,1-2H3. The van der Waals surface area contributed by atoms with Crippen LogP contribution in [0.15, 0.2) is 24.5 Å². The Balaban J connectivity index is 1.67. The van der Waals surface area contributed by atoms with Crippen molar-refractivity contribution in [3.63, 3.8) is 0 Å². The predicted octanol–water partition coefficient (Wildman–Crippen LogP) is 2.82. The minimum atomic E-state index is 0.535. The number of rotatable bonds is 7. The minimum Gasteiger partial charge on any atom is -0.493 e. The van der Waals surface area contributed by atoms with Gasteiger partial charge >= 0.3 is 0 Å². The summed E-state index contributed by atoms with van der Waals surface area (Å²) < 4.78 is 5.90. The fourth-order valence-electron chi connectivity index (χ4n) is 3.25.